The second-order valence-electron chi connectivity index (χ2n) is 6.99. The van der Waals surface area contributed by atoms with Crippen LogP contribution in [0.5, 0.6) is 5.75 Å². The standard InChI is InChI=1S/C19H24FN3O2S/c1-14-21-16(13-26-14)12-22-8-10-23(11-9-22)18(24)19(2,3)25-17-6-4-15(20)5-7-17/h4-7,13H,8-12H2,1-3H3. The first kappa shape index (κ1) is 18.8. The van der Waals surface area contributed by atoms with Crippen molar-refractivity contribution in [2.75, 3.05) is 26.2 Å². The number of thiazole rings is 1. The molecule has 2 heterocycles. The fourth-order valence-electron chi connectivity index (χ4n) is 3.04. The summed E-state index contributed by atoms with van der Waals surface area (Å²) < 4.78 is 18.8. The lowest BCUT2D eigenvalue weighted by molar-refractivity contribution is -0.147. The van der Waals surface area contributed by atoms with Crippen LogP contribution in [0.4, 0.5) is 4.39 Å². The van der Waals surface area contributed by atoms with Crippen LogP contribution in [0, 0.1) is 12.7 Å². The molecular weight excluding hydrogens is 353 g/mol. The monoisotopic (exact) mass is 377 g/mol. The minimum Gasteiger partial charge on any atom is -0.478 e. The number of benzene rings is 1. The van der Waals surface area contributed by atoms with E-state index in [1.165, 1.54) is 24.3 Å². The molecule has 26 heavy (non-hydrogen) atoms. The number of aromatic nitrogens is 1. The number of ether oxygens (including phenoxy) is 1. The van der Waals surface area contributed by atoms with Gasteiger partial charge < -0.3 is 9.64 Å². The van der Waals surface area contributed by atoms with E-state index in [0.717, 1.165) is 30.3 Å². The molecule has 0 radical (unpaired) electrons. The Hall–Kier alpha value is -1.99. The van der Waals surface area contributed by atoms with E-state index in [2.05, 4.69) is 15.3 Å². The van der Waals surface area contributed by atoms with Gasteiger partial charge in [0.2, 0.25) is 0 Å². The maximum Gasteiger partial charge on any atom is 0.266 e. The van der Waals surface area contributed by atoms with Crippen molar-refractivity contribution in [3.05, 3.63) is 46.2 Å². The quantitative estimate of drug-likeness (QED) is 0.803. The summed E-state index contributed by atoms with van der Waals surface area (Å²) in [6.07, 6.45) is 0. The second kappa shape index (κ2) is 7.72. The number of hydrogen-bond donors (Lipinski definition) is 0. The molecule has 1 saturated heterocycles. The Morgan fingerprint density at radius 2 is 1.88 bits per heavy atom. The number of halogens is 1. The highest BCUT2D eigenvalue weighted by atomic mass is 32.1. The highest BCUT2D eigenvalue weighted by Gasteiger charge is 2.35. The molecule has 5 nitrogen and oxygen atoms in total. The molecule has 0 aliphatic carbocycles. The van der Waals surface area contributed by atoms with Crippen LogP contribution in [-0.4, -0.2) is 52.5 Å². The number of rotatable bonds is 5. The molecule has 1 aromatic carbocycles. The van der Waals surface area contributed by atoms with Gasteiger partial charge in [0.05, 0.1) is 10.7 Å². The molecule has 0 bridgehead atoms. The molecule has 0 unspecified atom stereocenters. The Kier molecular flexibility index (Phi) is 5.58. The Labute approximate surface area is 157 Å². The smallest absolute Gasteiger partial charge is 0.266 e. The average molecular weight is 377 g/mol. The highest BCUT2D eigenvalue weighted by Crippen LogP contribution is 2.22. The Morgan fingerprint density at radius 1 is 1.23 bits per heavy atom. The SMILES string of the molecule is Cc1nc(CN2CCN(C(=O)C(C)(C)Oc3ccc(F)cc3)CC2)cs1. The third-order valence-corrected chi connectivity index (χ3v) is 5.24. The molecule has 0 saturated carbocycles. The van der Waals surface area contributed by atoms with E-state index in [-0.39, 0.29) is 11.7 Å². The van der Waals surface area contributed by atoms with Crippen molar-refractivity contribution in [3.63, 3.8) is 0 Å². The second-order valence-corrected chi connectivity index (χ2v) is 8.05. The zero-order valence-electron chi connectivity index (χ0n) is 15.4. The van der Waals surface area contributed by atoms with E-state index < -0.39 is 5.60 Å². The number of amides is 1. The molecule has 0 spiro atoms. The molecule has 1 aliphatic heterocycles. The lowest BCUT2D eigenvalue weighted by Gasteiger charge is -2.38. The number of aryl methyl sites for hydroxylation is 1. The molecule has 7 heteroatoms. The summed E-state index contributed by atoms with van der Waals surface area (Å²) in [5.41, 5.74) is 0.0960. The number of carbonyl (C=O) groups excluding carboxylic acids is 1. The number of nitrogens with zero attached hydrogens (tertiary/aromatic N) is 3. The topological polar surface area (TPSA) is 45.7 Å². The first-order chi connectivity index (χ1) is 12.3. The molecule has 3 rings (SSSR count). The van der Waals surface area contributed by atoms with Crippen LogP contribution in [0.15, 0.2) is 29.6 Å². The maximum absolute atomic E-state index is 13.0. The zero-order valence-corrected chi connectivity index (χ0v) is 16.2. The van der Waals surface area contributed by atoms with Crippen LogP contribution in [0.1, 0.15) is 24.5 Å². The highest BCUT2D eigenvalue weighted by molar-refractivity contribution is 7.09. The summed E-state index contributed by atoms with van der Waals surface area (Å²) in [5.74, 6) is 0.112. The van der Waals surface area contributed by atoms with Crippen LogP contribution < -0.4 is 4.74 Å². The summed E-state index contributed by atoms with van der Waals surface area (Å²) >= 11 is 1.66. The molecular formula is C19H24FN3O2S. The van der Waals surface area contributed by atoms with Crippen LogP contribution in [-0.2, 0) is 11.3 Å². The van der Waals surface area contributed by atoms with Crippen molar-refractivity contribution in [1.82, 2.24) is 14.8 Å². The minimum atomic E-state index is -0.994. The van der Waals surface area contributed by atoms with Crippen LogP contribution >= 0.6 is 11.3 Å². The van der Waals surface area contributed by atoms with Crippen LogP contribution in [0.3, 0.4) is 0 Å². The van der Waals surface area contributed by atoms with Crippen LogP contribution in [0.25, 0.3) is 0 Å². The van der Waals surface area contributed by atoms with Crippen molar-refractivity contribution >= 4 is 17.2 Å². The van der Waals surface area contributed by atoms with Crippen molar-refractivity contribution in [1.29, 1.82) is 0 Å². The summed E-state index contributed by atoms with van der Waals surface area (Å²) in [6.45, 7) is 9.29. The number of piperazine rings is 1. The van der Waals surface area contributed by atoms with E-state index in [9.17, 15) is 9.18 Å². The summed E-state index contributed by atoms with van der Waals surface area (Å²) in [4.78, 5) is 21.5. The van der Waals surface area contributed by atoms with Crippen molar-refractivity contribution in [2.24, 2.45) is 0 Å². The molecule has 140 valence electrons. The minimum absolute atomic E-state index is 0.0500. The number of carbonyl (C=O) groups is 1. The van der Waals surface area contributed by atoms with Gasteiger partial charge in [0, 0.05) is 38.1 Å². The molecule has 1 aromatic heterocycles. The van der Waals surface area contributed by atoms with Crippen molar-refractivity contribution < 1.29 is 13.9 Å². The summed E-state index contributed by atoms with van der Waals surface area (Å²) in [5, 5.41) is 3.17. The molecule has 0 N–H and O–H groups in total. The molecule has 0 atom stereocenters. The first-order valence-corrected chi connectivity index (χ1v) is 9.59. The predicted octanol–water partition coefficient (Wildman–Crippen LogP) is 3.09. The van der Waals surface area contributed by atoms with Gasteiger partial charge in [-0.3, -0.25) is 9.69 Å². The van der Waals surface area contributed by atoms with E-state index in [1.54, 1.807) is 25.2 Å². The lowest BCUT2D eigenvalue weighted by Crippen LogP contribution is -2.55. The Balaban J connectivity index is 1.54. The van der Waals surface area contributed by atoms with Crippen molar-refractivity contribution in [3.8, 4) is 5.75 Å². The van der Waals surface area contributed by atoms with Gasteiger partial charge in [-0.15, -0.1) is 11.3 Å². The third-order valence-electron chi connectivity index (χ3n) is 4.41. The third kappa shape index (κ3) is 4.59. The first-order valence-electron chi connectivity index (χ1n) is 8.71. The molecule has 2 aromatic rings. The van der Waals surface area contributed by atoms with Gasteiger partial charge in [0.1, 0.15) is 11.6 Å². The molecule has 1 aliphatic rings. The van der Waals surface area contributed by atoms with E-state index >= 15 is 0 Å². The zero-order chi connectivity index (χ0) is 18.7. The fraction of sp³-hybridized carbons (Fsp3) is 0.474. The van der Waals surface area contributed by atoms with Gasteiger partial charge in [0.15, 0.2) is 5.60 Å². The predicted molar refractivity (Wildman–Crippen MR) is 99.8 cm³/mol. The molecule has 1 fully saturated rings. The van der Waals surface area contributed by atoms with E-state index in [1.807, 2.05) is 11.8 Å². The molecule has 1 amide bonds. The normalized spacial score (nSPS) is 15.9. The van der Waals surface area contributed by atoms with Gasteiger partial charge in [-0.05, 0) is 45.0 Å². The van der Waals surface area contributed by atoms with Crippen LogP contribution in [0.2, 0.25) is 0 Å². The largest absolute Gasteiger partial charge is 0.478 e. The summed E-state index contributed by atoms with van der Waals surface area (Å²) in [6, 6.07) is 5.74. The Morgan fingerprint density at radius 3 is 2.46 bits per heavy atom. The van der Waals surface area contributed by atoms with Gasteiger partial charge in [-0.1, -0.05) is 0 Å². The average Bonchev–Trinajstić information content (AvgIpc) is 3.02. The lowest BCUT2D eigenvalue weighted by atomic mass is 10.1. The fourth-order valence-corrected chi connectivity index (χ4v) is 3.64. The maximum atomic E-state index is 13.0. The Bertz CT molecular complexity index is 752. The van der Waals surface area contributed by atoms with Gasteiger partial charge in [0.25, 0.3) is 5.91 Å². The summed E-state index contributed by atoms with van der Waals surface area (Å²) in [7, 11) is 0. The van der Waals surface area contributed by atoms with E-state index in [4.69, 9.17) is 4.74 Å². The van der Waals surface area contributed by atoms with Crippen molar-refractivity contribution in [2.45, 2.75) is 32.9 Å². The van der Waals surface area contributed by atoms with Gasteiger partial charge in [-0.25, -0.2) is 9.37 Å². The van der Waals surface area contributed by atoms with Gasteiger partial charge >= 0.3 is 0 Å². The van der Waals surface area contributed by atoms with E-state index in [0.29, 0.717) is 18.8 Å². The van der Waals surface area contributed by atoms with Gasteiger partial charge in [-0.2, -0.15) is 0 Å². The number of hydrogen-bond acceptors (Lipinski definition) is 5.